The summed E-state index contributed by atoms with van der Waals surface area (Å²) in [6, 6.07) is 102. The minimum Gasteiger partial charge on any atom is -0.309 e. The lowest BCUT2D eigenvalue weighted by Gasteiger charge is -2.22. The van der Waals surface area contributed by atoms with Crippen LogP contribution in [0.5, 0.6) is 0 Å². The summed E-state index contributed by atoms with van der Waals surface area (Å²) in [6.07, 6.45) is 0. The second kappa shape index (κ2) is 19.7. The molecule has 84 heavy (non-hydrogen) atoms. The molecule has 0 aliphatic heterocycles. The summed E-state index contributed by atoms with van der Waals surface area (Å²) in [4.78, 5) is 11.1. The number of hydrogen-bond donors (Lipinski definition) is 0. The van der Waals surface area contributed by atoms with Crippen molar-refractivity contribution in [2.45, 2.75) is 20.8 Å². The smallest absolute Gasteiger partial charge is 0.160 e. The van der Waals surface area contributed by atoms with E-state index in [9.17, 15) is 0 Å². The molecule has 16 rings (SSSR count). The molecular formula is C79H55N5. The topological polar surface area (TPSA) is 40.6 Å². The number of hydrogen-bond acceptors (Lipinski definition) is 2. The number of aromatic nitrogens is 5. The average molecular weight is 1070 g/mol. The monoisotopic (exact) mass is 1070 g/mol. The molecule has 5 heteroatoms. The van der Waals surface area contributed by atoms with Gasteiger partial charge < -0.3 is 13.7 Å². The van der Waals surface area contributed by atoms with E-state index in [4.69, 9.17) is 9.97 Å². The van der Waals surface area contributed by atoms with Crippen molar-refractivity contribution < 1.29 is 0 Å². The minimum absolute atomic E-state index is 0.636. The quantitative estimate of drug-likeness (QED) is 0.145. The third kappa shape index (κ3) is 8.00. The first kappa shape index (κ1) is 49.0. The molecule has 0 unspecified atom stereocenters. The predicted molar refractivity (Wildman–Crippen MR) is 352 cm³/mol. The van der Waals surface area contributed by atoms with Crippen molar-refractivity contribution in [3.05, 3.63) is 296 Å². The molecule has 12 aromatic carbocycles. The second-order valence-corrected chi connectivity index (χ2v) is 22.3. The van der Waals surface area contributed by atoms with Crippen LogP contribution in [0.25, 0.3) is 150 Å². The Morgan fingerprint density at radius 1 is 0.262 bits per heavy atom. The molecule has 0 N–H and O–H groups in total. The highest BCUT2D eigenvalue weighted by atomic mass is 15.0. The number of aryl methyl sites for hydroxylation is 3. The molecule has 16 aromatic rings. The van der Waals surface area contributed by atoms with Crippen LogP contribution in [0.1, 0.15) is 16.7 Å². The standard InChI is InChI=1S/C79H55N5/c1-50-42-51(2)77(52(3)43-50)57-40-41-76-68(46-57)65-34-14-19-39-75(65)84(76)78-66(55-26-20-28-59(44-55)82-71-35-15-10-30-61(71)62-31-11-16-36-72(62)82)47-58(79-80-69(53-22-6-4-7-23-53)49-70(81-79)54-24-8-5-9-25-54)48-67(78)56-27-21-29-60(45-56)83-73-37-17-12-32-63(73)64-33-13-18-38-74(64)83/h4-49H,1-3H3. The van der Waals surface area contributed by atoms with Crippen molar-refractivity contribution in [1.29, 1.82) is 0 Å². The third-order valence-electron chi connectivity index (χ3n) is 17.1. The number of rotatable bonds is 9. The summed E-state index contributed by atoms with van der Waals surface area (Å²) >= 11 is 0. The van der Waals surface area contributed by atoms with Crippen molar-refractivity contribution in [2.24, 2.45) is 0 Å². The molecule has 0 radical (unpaired) electrons. The molecule has 0 fully saturated rings. The van der Waals surface area contributed by atoms with Crippen molar-refractivity contribution in [3.8, 4) is 84.3 Å². The van der Waals surface area contributed by atoms with Gasteiger partial charge in [0.25, 0.3) is 0 Å². The van der Waals surface area contributed by atoms with E-state index in [-0.39, 0.29) is 0 Å². The van der Waals surface area contributed by atoms with Gasteiger partial charge in [-0.25, -0.2) is 9.97 Å². The van der Waals surface area contributed by atoms with Gasteiger partial charge in [0.15, 0.2) is 5.82 Å². The van der Waals surface area contributed by atoms with Crippen LogP contribution in [0.15, 0.2) is 279 Å². The Morgan fingerprint density at radius 3 is 1.10 bits per heavy atom. The van der Waals surface area contributed by atoms with E-state index in [0.717, 1.165) is 100 Å². The third-order valence-corrected chi connectivity index (χ3v) is 17.1. The van der Waals surface area contributed by atoms with E-state index in [1.165, 1.54) is 60.1 Å². The Hall–Kier alpha value is -10.9. The molecule has 0 aliphatic rings. The molecule has 0 atom stereocenters. The van der Waals surface area contributed by atoms with Crippen LogP contribution < -0.4 is 0 Å². The van der Waals surface area contributed by atoms with Crippen LogP contribution in [-0.2, 0) is 0 Å². The number of fused-ring (bicyclic) bond motifs is 9. The minimum atomic E-state index is 0.636. The summed E-state index contributed by atoms with van der Waals surface area (Å²) in [7, 11) is 0. The van der Waals surface area contributed by atoms with Gasteiger partial charge in [-0.1, -0.05) is 200 Å². The predicted octanol–water partition coefficient (Wildman–Crippen LogP) is 20.7. The summed E-state index contributed by atoms with van der Waals surface area (Å²) in [5.74, 6) is 0.636. The lowest BCUT2D eigenvalue weighted by atomic mass is 9.91. The molecule has 396 valence electrons. The van der Waals surface area contributed by atoms with Crippen molar-refractivity contribution in [1.82, 2.24) is 23.7 Å². The maximum atomic E-state index is 5.55. The lowest BCUT2D eigenvalue weighted by Crippen LogP contribution is -2.04. The van der Waals surface area contributed by atoms with Crippen LogP contribution in [0, 0.1) is 20.8 Å². The van der Waals surface area contributed by atoms with E-state index in [1.807, 2.05) is 0 Å². The number of benzene rings is 12. The zero-order valence-electron chi connectivity index (χ0n) is 46.8. The summed E-state index contributed by atoms with van der Waals surface area (Å²) < 4.78 is 7.38. The highest BCUT2D eigenvalue weighted by Crippen LogP contribution is 2.47. The van der Waals surface area contributed by atoms with Gasteiger partial charge in [-0.2, -0.15) is 0 Å². The second-order valence-electron chi connectivity index (χ2n) is 22.3. The normalized spacial score (nSPS) is 11.8. The Kier molecular flexibility index (Phi) is 11.5. The molecule has 0 amide bonds. The zero-order valence-corrected chi connectivity index (χ0v) is 46.8. The molecular weight excluding hydrogens is 1020 g/mol. The van der Waals surface area contributed by atoms with Crippen LogP contribution in [-0.4, -0.2) is 23.7 Å². The fourth-order valence-electron chi connectivity index (χ4n) is 13.6. The van der Waals surface area contributed by atoms with Crippen LogP contribution in [0.4, 0.5) is 0 Å². The van der Waals surface area contributed by atoms with E-state index < -0.39 is 0 Å². The maximum absolute atomic E-state index is 5.55. The van der Waals surface area contributed by atoms with Crippen LogP contribution in [0.3, 0.4) is 0 Å². The number of nitrogens with zero attached hydrogens (tertiary/aromatic N) is 5. The Balaban J connectivity index is 1.04. The van der Waals surface area contributed by atoms with Gasteiger partial charge >= 0.3 is 0 Å². The van der Waals surface area contributed by atoms with E-state index in [1.54, 1.807) is 0 Å². The van der Waals surface area contributed by atoms with Crippen molar-refractivity contribution in [2.75, 3.05) is 0 Å². The lowest BCUT2D eigenvalue weighted by molar-refractivity contribution is 1.16. The van der Waals surface area contributed by atoms with E-state index in [2.05, 4.69) is 314 Å². The molecule has 4 aromatic heterocycles. The number of para-hydroxylation sites is 5. The first-order chi connectivity index (χ1) is 41.4. The van der Waals surface area contributed by atoms with Crippen molar-refractivity contribution >= 4 is 65.4 Å². The zero-order chi connectivity index (χ0) is 56.0. The SMILES string of the molecule is Cc1cc(C)c(-c2ccc3c(c2)c2ccccc2n3-c2c(-c3cccc(-n4c5ccccc5c5ccccc54)c3)cc(-c3nc(-c4ccccc4)cc(-c4ccccc4)n3)cc2-c2cccc(-n3c4ccccc4c4ccccc43)c2)c(C)c1. The molecule has 0 saturated heterocycles. The van der Waals surface area contributed by atoms with Crippen LogP contribution in [0.2, 0.25) is 0 Å². The maximum Gasteiger partial charge on any atom is 0.160 e. The summed E-state index contributed by atoms with van der Waals surface area (Å²) in [6.45, 7) is 6.67. The van der Waals surface area contributed by atoms with Gasteiger partial charge in [0.05, 0.1) is 50.2 Å². The first-order valence-corrected chi connectivity index (χ1v) is 28.9. The molecule has 5 nitrogen and oxygen atoms in total. The van der Waals surface area contributed by atoms with Gasteiger partial charge in [0.2, 0.25) is 0 Å². The van der Waals surface area contributed by atoms with Gasteiger partial charge in [-0.05, 0) is 139 Å². The van der Waals surface area contributed by atoms with Gasteiger partial charge in [-0.15, -0.1) is 0 Å². The molecule has 0 aliphatic carbocycles. The van der Waals surface area contributed by atoms with Gasteiger partial charge in [0.1, 0.15) is 0 Å². The molecule has 4 heterocycles. The average Bonchev–Trinajstić information content (AvgIpc) is 3.98. The molecule has 0 bridgehead atoms. The Morgan fingerprint density at radius 2 is 0.643 bits per heavy atom. The Labute approximate surface area is 487 Å². The van der Waals surface area contributed by atoms with Gasteiger partial charge in [0, 0.05) is 71.5 Å². The van der Waals surface area contributed by atoms with Gasteiger partial charge in [-0.3, -0.25) is 0 Å². The summed E-state index contributed by atoms with van der Waals surface area (Å²) in [5.41, 5.74) is 25.2. The highest BCUT2D eigenvalue weighted by molar-refractivity contribution is 6.13. The fourth-order valence-corrected chi connectivity index (χ4v) is 13.6. The van der Waals surface area contributed by atoms with Crippen molar-refractivity contribution in [3.63, 3.8) is 0 Å². The fraction of sp³-hybridized carbons (Fsp3) is 0.0380. The highest BCUT2D eigenvalue weighted by Gasteiger charge is 2.25. The van der Waals surface area contributed by atoms with Crippen LogP contribution >= 0.6 is 0 Å². The van der Waals surface area contributed by atoms with E-state index in [0.29, 0.717) is 5.82 Å². The largest absolute Gasteiger partial charge is 0.309 e. The Bertz CT molecular complexity index is 4920. The van der Waals surface area contributed by atoms with E-state index >= 15 is 0 Å². The molecule has 0 saturated carbocycles. The molecule has 0 spiro atoms. The summed E-state index contributed by atoms with van der Waals surface area (Å²) in [5, 5.41) is 7.25. The first-order valence-electron chi connectivity index (χ1n) is 28.9.